The predicted octanol–water partition coefficient (Wildman–Crippen LogP) is 4.10. The van der Waals surface area contributed by atoms with Crippen LogP contribution < -0.4 is 4.74 Å². The Hall–Kier alpha value is -2.88. The van der Waals surface area contributed by atoms with Crippen molar-refractivity contribution in [2.24, 2.45) is 0 Å². The van der Waals surface area contributed by atoms with Gasteiger partial charge in [0.25, 0.3) is 0 Å². The molecule has 0 unspecified atom stereocenters. The number of hydrogen-bond donors (Lipinski definition) is 1. The average Bonchev–Trinajstić information content (AvgIpc) is 2.89. The molecule has 0 spiro atoms. The molecule has 0 saturated carbocycles. The molecule has 1 N–H and O–H groups in total. The first-order valence-electron chi connectivity index (χ1n) is 7.15. The third-order valence-corrected chi connectivity index (χ3v) is 3.90. The molecule has 0 aliphatic carbocycles. The molecule has 22 heavy (non-hydrogen) atoms. The summed E-state index contributed by atoms with van der Waals surface area (Å²) in [5, 5.41) is 1.10. The number of aromatic nitrogens is 3. The van der Waals surface area contributed by atoms with E-state index in [2.05, 4.69) is 16.9 Å². The van der Waals surface area contributed by atoms with E-state index in [0.29, 0.717) is 0 Å². The zero-order valence-corrected chi connectivity index (χ0v) is 12.4. The number of ether oxygens (including phenoxy) is 1. The fraction of sp³-hybridized carbons (Fsp3) is 0.111. The van der Waals surface area contributed by atoms with Gasteiger partial charge in [0.2, 0.25) is 0 Å². The van der Waals surface area contributed by atoms with Crippen LogP contribution in [0.5, 0.6) is 5.75 Å². The molecule has 0 aliphatic heterocycles. The summed E-state index contributed by atoms with van der Waals surface area (Å²) in [7, 11) is 1.68. The van der Waals surface area contributed by atoms with Crippen molar-refractivity contribution in [3.05, 3.63) is 54.4 Å². The van der Waals surface area contributed by atoms with Crippen LogP contribution in [0.2, 0.25) is 0 Å². The van der Waals surface area contributed by atoms with Gasteiger partial charge in [-0.15, -0.1) is 0 Å². The fourth-order valence-corrected chi connectivity index (χ4v) is 2.84. The number of nitrogens with one attached hydrogen (secondary N) is 1. The average molecular weight is 289 g/mol. The second-order valence-corrected chi connectivity index (χ2v) is 5.28. The molecule has 4 aromatic rings. The van der Waals surface area contributed by atoms with Crippen molar-refractivity contribution in [2.45, 2.75) is 6.92 Å². The largest absolute Gasteiger partial charge is 0.497 e. The van der Waals surface area contributed by atoms with Crippen molar-refractivity contribution >= 4 is 21.9 Å². The summed E-state index contributed by atoms with van der Waals surface area (Å²) in [6.45, 7) is 2.05. The smallest absolute Gasteiger partial charge is 0.119 e. The Labute approximate surface area is 127 Å². The molecule has 0 atom stereocenters. The molecule has 0 aliphatic rings. The molecule has 4 rings (SSSR count). The van der Waals surface area contributed by atoms with Crippen molar-refractivity contribution in [1.82, 2.24) is 15.0 Å². The minimum Gasteiger partial charge on any atom is -0.497 e. The Bertz CT molecular complexity index is 988. The van der Waals surface area contributed by atoms with Gasteiger partial charge in [0.05, 0.1) is 30.0 Å². The SMILES string of the molecule is COc1ccc2[nH]c(C)c(-c3cnc4ccccc4n3)c2c1. The topological polar surface area (TPSA) is 50.8 Å². The monoisotopic (exact) mass is 289 g/mol. The van der Waals surface area contributed by atoms with Gasteiger partial charge >= 0.3 is 0 Å². The van der Waals surface area contributed by atoms with E-state index in [0.717, 1.165) is 44.6 Å². The van der Waals surface area contributed by atoms with Gasteiger partial charge in [0.15, 0.2) is 0 Å². The van der Waals surface area contributed by atoms with Gasteiger partial charge in [-0.3, -0.25) is 4.98 Å². The number of rotatable bonds is 2. The number of nitrogens with zero attached hydrogens (tertiary/aromatic N) is 2. The number of H-pyrrole nitrogens is 1. The van der Waals surface area contributed by atoms with Crippen LogP contribution in [0, 0.1) is 6.92 Å². The number of benzene rings is 2. The molecule has 0 saturated heterocycles. The molecule has 2 aromatic carbocycles. The quantitative estimate of drug-likeness (QED) is 0.604. The first-order chi connectivity index (χ1) is 10.8. The van der Waals surface area contributed by atoms with E-state index < -0.39 is 0 Å². The van der Waals surface area contributed by atoms with Crippen LogP contribution in [0.15, 0.2) is 48.7 Å². The highest BCUT2D eigenvalue weighted by molar-refractivity contribution is 5.97. The number of aryl methyl sites for hydroxylation is 1. The summed E-state index contributed by atoms with van der Waals surface area (Å²) in [5.74, 6) is 0.835. The van der Waals surface area contributed by atoms with Crippen LogP contribution in [0.1, 0.15) is 5.69 Å². The number of fused-ring (bicyclic) bond motifs is 2. The highest BCUT2D eigenvalue weighted by atomic mass is 16.5. The standard InChI is InChI=1S/C18H15N3O/c1-11-18(13-9-12(22-2)7-8-14(13)20-11)17-10-19-15-5-3-4-6-16(15)21-17/h3-10,20H,1-2H3. The summed E-state index contributed by atoms with van der Waals surface area (Å²) in [6, 6.07) is 13.9. The number of hydrogen-bond acceptors (Lipinski definition) is 3. The highest BCUT2D eigenvalue weighted by Gasteiger charge is 2.13. The van der Waals surface area contributed by atoms with E-state index >= 15 is 0 Å². The van der Waals surface area contributed by atoms with Gasteiger partial charge in [-0.25, -0.2) is 4.98 Å². The van der Waals surface area contributed by atoms with Crippen molar-refractivity contribution < 1.29 is 4.74 Å². The van der Waals surface area contributed by atoms with E-state index in [9.17, 15) is 0 Å². The van der Waals surface area contributed by atoms with E-state index in [1.54, 1.807) is 7.11 Å². The highest BCUT2D eigenvalue weighted by Crippen LogP contribution is 2.33. The second kappa shape index (κ2) is 4.84. The fourth-order valence-electron chi connectivity index (χ4n) is 2.84. The van der Waals surface area contributed by atoms with Crippen LogP contribution in [-0.2, 0) is 0 Å². The van der Waals surface area contributed by atoms with Crippen molar-refractivity contribution in [3.63, 3.8) is 0 Å². The van der Waals surface area contributed by atoms with Gasteiger partial charge in [0.1, 0.15) is 5.75 Å². The van der Waals surface area contributed by atoms with Crippen LogP contribution in [0.25, 0.3) is 33.2 Å². The Morgan fingerprint density at radius 2 is 1.86 bits per heavy atom. The molecule has 0 fully saturated rings. The molecular formula is C18H15N3O. The first-order valence-corrected chi connectivity index (χ1v) is 7.15. The van der Waals surface area contributed by atoms with Gasteiger partial charge in [-0.05, 0) is 37.3 Å². The lowest BCUT2D eigenvalue weighted by Gasteiger charge is -2.04. The lowest BCUT2D eigenvalue weighted by molar-refractivity contribution is 0.415. The summed E-state index contributed by atoms with van der Waals surface area (Å²) < 4.78 is 5.34. The van der Waals surface area contributed by atoms with Crippen LogP contribution >= 0.6 is 0 Å². The molecule has 0 bridgehead atoms. The van der Waals surface area contributed by atoms with E-state index in [4.69, 9.17) is 9.72 Å². The minimum absolute atomic E-state index is 0.835. The molecular weight excluding hydrogens is 274 g/mol. The molecule has 4 heteroatoms. The molecule has 0 radical (unpaired) electrons. The zero-order valence-electron chi connectivity index (χ0n) is 12.4. The van der Waals surface area contributed by atoms with Gasteiger partial charge in [0, 0.05) is 22.2 Å². The van der Waals surface area contributed by atoms with Crippen molar-refractivity contribution in [2.75, 3.05) is 7.11 Å². The lowest BCUT2D eigenvalue weighted by atomic mass is 10.1. The lowest BCUT2D eigenvalue weighted by Crippen LogP contribution is -1.89. The Kier molecular flexibility index (Phi) is 2.82. The summed E-state index contributed by atoms with van der Waals surface area (Å²) in [6.07, 6.45) is 1.83. The molecule has 2 heterocycles. The van der Waals surface area contributed by atoms with E-state index in [-0.39, 0.29) is 0 Å². The minimum atomic E-state index is 0.835. The third kappa shape index (κ3) is 1.92. The molecule has 2 aromatic heterocycles. The normalized spacial score (nSPS) is 11.2. The molecule has 0 amide bonds. The predicted molar refractivity (Wildman–Crippen MR) is 88.1 cm³/mol. The van der Waals surface area contributed by atoms with Crippen LogP contribution in [0.3, 0.4) is 0 Å². The van der Waals surface area contributed by atoms with Crippen LogP contribution in [0.4, 0.5) is 0 Å². The number of para-hydroxylation sites is 2. The van der Waals surface area contributed by atoms with Crippen molar-refractivity contribution in [1.29, 1.82) is 0 Å². The maximum absolute atomic E-state index is 5.34. The molecule has 4 nitrogen and oxygen atoms in total. The van der Waals surface area contributed by atoms with E-state index in [1.807, 2.05) is 48.7 Å². The maximum atomic E-state index is 5.34. The van der Waals surface area contributed by atoms with E-state index in [1.165, 1.54) is 0 Å². The Morgan fingerprint density at radius 1 is 1.05 bits per heavy atom. The second-order valence-electron chi connectivity index (χ2n) is 5.28. The van der Waals surface area contributed by atoms with Crippen LogP contribution in [-0.4, -0.2) is 22.1 Å². The van der Waals surface area contributed by atoms with Crippen molar-refractivity contribution in [3.8, 4) is 17.0 Å². The molecule has 108 valence electrons. The third-order valence-electron chi connectivity index (χ3n) is 3.90. The van der Waals surface area contributed by atoms with Gasteiger partial charge < -0.3 is 9.72 Å². The number of methoxy groups -OCH3 is 1. The summed E-state index contributed by atoms with van der Waals surface area (Å²) in [4.78, 5) is 12.7. The Balaban J connectivity index is 2.00. The Morgan fingerprint density at radius 3 is 2.68 bits per heavy atom. The zero-order chi connectivity index (χ0) is 15.1. The number of aromatic amines is 1. The maximum Gasteiger partial charge on any atom is 0.119 e. The summed E-state index contributed by atoms with van der Waals surface area (Å²) in [5.41, 5.74) is 5.90. The first kappa shape index (κ1) is 12.8. The summed E-state index contributed by atoms with van der Waals surface area (Å²) >= 11 is 0. The van der Waals surface area contributed by atoms with Gasteiger partial charge in [-0.2, -0.15) is 0 Å². The van der Waals surface area contributed by atoms with Gasteiger partial charge in [-0.1, -0.05) is 12.1 Å².